The molecule has 0 radical (unpaired) electrons. The maximum Gasteiger partial charge on any atom is 0.115 e. The molecule has 1 aliphatic heterocycles. The molecule has 1 heterocycles. The summed E-state index contributed by atoms with van der Waals surface area (Å²) in [7, 11) is 0. The third-order valence-electron chi connectivity index (χ3n) is 2.12. The van der Waals surface area contributed by atoms with Gasteiger partial charge in [-0.05, 0) is 17.7 Å². The van der Waals surface area contributed by atoms with Crippen LogP contribution in [0.2, 0.25) is 0 Å². The third-order valence-corrected chi connectivity index (χ3v) is 2.12. The van der Waals surface area contributed by atoms with Crippen LogP contribution in [0.15, 0.2) is 24.3 Å². The Balaban J connectivity index is 0.000000396. The van der Waals surface area contributed by atoms with Gasteiger partial charge < -0.3 is 10.4 Å². The number of hydrogen-bond acceptors (Lipinski definition) is 2. The number of rotatable bonds is 1. The van der Waals surface area contributed by atoms with Crippen molar-refractivity contribution in [3.8, 4) is 5.75 Å². The maximum atomic E-state index is 9.16. The first-order chi connectivity index (χ1) is 6.36. The quantitative estimate of drug-likeness (QED) is 0.692. The van der Waals surface area contributed by atoms with Crippen molar-refractivity contribution in [1.29, 1.82) is 0 Å². The van der Waals surface area contributed by atoms with E-state index in [1.807, 2.05) is 26.0 Å². The summed E-state index contributed by atoms with van der Waals surface area (Å²) in [5.74, 6) is 0.983. The molecule has 1 saturated heterocycles. The van der Waals surface area contributed by atoms with Crippen LogP contribution in [0.25, 0.3) is 0 Å². The highest BCUT2D eigenvalue weighted by molar-refractivity contribution is 5.31. The van der Waals surface area contributed by atoms with Crippen molar-refractivity contribution in [3.05, 3.63) is 29.8 Å². The molecule has 1 aliphatic rings. The first-order valence-electron chi connectivity index (χ1n) is 4.86. The lowest BCUT2D eigenvalue weighted by Crippen LogP contribution is -2.39. The van der Waals surface area contributed by atoms with Crippen LogP contribution < -0.4 is 5.32 Å². The Kier molecular flexibility index (Phi) is 3.77. The van der Waals surface area contributed by atoms with Crippen molar-refractivity contribution in [2.24, 2.45) is 0 Å². The Morgan fingerprint density at radius 3 is 2.46 bits per heavy atom. The van der Waals surface area contributed by atoms with E-state index in [1.54, 1.807) is 6.07 Å². The summed E-state index contributed by atoms with van der Waals surface area (Å²) in [5, 5.41) is 12.4. The van der Waals surface area contributed by atoms with E-state index in [1.165, 1.54) is 5.56 Å². The molecule has 0 aliphatic carbocycles. The van der Waals surface area contributed by atoms with E-state index in [0.29, 0.717) is 11.7 Å². The zero-order valence-electron chi connectivity index (χ0n) is 8.25. The van der Waals surface area contributed by atoms with Crippen LogP contribution in [0.3, 0.4) is 0 Å². The van der Waals surface area contributed by atoms with Gasteiger partial charge in [-0.15, -0.1) is 0 Å². The molecule has 0 aromatic heterocycles. The number of phenolic OH excluding ortho intramolecular Hbond substituents is 1. The van der Waals surface area contributed by atoms with Gasteiger partial charge in [-0.2, -0.15) is 0 Å². The number of phenols is 1. The minimum atomic E-state index is 0.370. The van der Waals surface area contributed by atoms with E-state index >= 15 is 0 Å². The first kappa shape index (κ1) is 10.1. The van der Waals surface area contributed by atoms with Crippen LogP contribution in [0, 0.1) is 0 Å². The lowest BCUT2D eigenvalue weighted by molar-refractivity contribution is 0.441. The number of hydrogen-bond donors (Lipinski definition) is 2. The van der Waals surface area contributed by atoms with Crippen LogP contribution >= 0.6 is 0 Å². The molecule has 0 bridgehead atoms. The summed E-state index contributed by atoms with van der Waals surface area (Å²) >= 11 is 0. The highest BCUT2D eigenvalue weighted by Crippen LogP contribution is 2.22. The molecule has 0 spiro atoms. The van der Waals surface area contributed by atoms with Crippen LogP contribution in [0.1, 0.15) is 25.3 Å². The predicted octanol–water partition coefficient (Wildman–Crippen LogP) is 2.11. The van der Waals surface area contributed by atoms with Crippen LogP contribution in [0.5, 0.6) is 5.75 Å². The summed E-state index contributed by atoms with van der Waals surface area (Å²) in [4.78, 5) is 0. The minimum absolute atomic E-state index is 0.370. The Labute approximate surface area is 79.6 Å². The van der Waals surface area contributed by atoms with E-state index in [9.17, 15) is 0 Å². The average Bonchev–Trinajstić information content (AvgIpc) is 2.05. The van der Waals surface area contributed by atoms with E-state index in [4.69, 9.17) is 5.11 Å². The molecule has 1 aromatic carbocycles. The van der Waals surface area contributed by atoms with Crippen molar-refractivity contribution in [3.63, 3.8) is 0 Å². The standard InChI is InChI=1S/C9H11NO.C2H6/c11-9-3-1-2-7(4-9)8-5-10-6-8;1-2/h1-4,8,10-11H,5-6H2;1-2H3. The van der Waals surface area contributed by atoms with Crippen LogP contribution in [0.4, 0.5) is 0 Å². The van der Waals surface area contributed by atoms with Gasteiger partial charge in [-0.1, -0.05) is 26.0 Å². The summed E-state index contributed by atoms with van der Waals surface area (Å²) in [6.07, 6.45) is 0. The monoisotopic (exact) mass is 179 g/mol. The smallest absolute Gasteiger partial charge is 0.115 e. The number of benzene rings is 1. The maximum absolute atomic E-state index is 9.16. The molecule has 2 nitrogen and oxygen atoms in total. The molecule has 1 fully saturated rings. The van der Waals surface area contributed by atoms with Gasteiger partial charge in [0, 0.05) is 19.0 Å². The third kappa shape index (κ3) is 2.46. The Morgan fingerprint density at radius 2 is 2.00 bits per heavy atom. The first-order valence-corrected chi connectivity index (χ1v) is 4.86. The number of nitrogens with one attached hydrogen (secondary N) is 1. The molecule has 0 amide bonds. The summed E-state index contributed by atoms with van der Waals surface area (Å²) < 4.78 is 0. The highest BCUT2D eigenvalue weighted by Gasteiger charge is 2.18. The Morgan fingerprint density at radius 1 is 1.31 bits per heavy atom. The topological polar surface area (TPSA) is 32.3 Å². The normalized spacial score (nSPS) is 15.5. The average molecular weight is 179 g/mol. The predicted molar refractivity (Wildman–Crippen MR) is 55.1 cm³/mol. The second kappa shape index (κ2) is 4.87. The molecule has 2 rings (SSSR count). The second-order valence-electron chi connectivity index (χ2n) is 2.95. The Bertz CT molecular complexity index is 256. The van der Waals surface area contributed by atoms with Crippen molar-refractivity contribution < 1.29 is 5.11 Å². The molecule has 0 saturated carbocycles. The zero-order chi connectivity index (χ0) is 9.68. The number of aromatic hydroxyl groups is 1. The molecule has 0 atom stereocenters. The summed E-state index contributed by atoms with van der Waals surface area (Å²) in [6, 6.07) is 7.50. The molecule has 2 heteroatoms. The fourth-order valence-corrected chi connectivity index (χ4v) is 1.30. The molecule has 13 heavy (non-hydrogen) atoms. The van der Waals surface area contributed by atoms with E-state index in [-0.39, 0.29) is 0 Å². The van der Waals surface area contributed by atoms with Gasteiger partial charge in [0.05, 0.1) is 0 Å². The molecular weight excluding hydrogens is 162 g/mol. The second-order valence-corrected chi connectivity index (χ2v) is 2.95. The van der Waals surface area contributed by atoms with Crippen molar-refractivity contribution in [2.45, 2.75) is 19.8 Å². The SMILES string of the molecule is CC.Oc1cccc(C2CNC2)c1. The molecule has 2 N–H and O–H groups in total. The summed E-state index contributed by atoms with van der Waals surface area (Å²) in [5.41, 5.74) is 1.24. The highest BCUT2D eigenvalue weighted by atomic mass is 16.3. The van der Waals surface area contributed by atoms with Crippen molar-refractivity contribution in [1.82, 2.24) is 5.32 Å². The fourth-order valence-electron chi connectivity index (χ4n) is 1.30. The van der Waals surface area contributed by atoms with Gasteiger partial charge in [0.1, 0.15) is 5.75 Å². The molecular formula is C11H17NO. The lowest BCUT2D eigenvalue weighted by Gasteiger charge is -2.27. The minimum Gasteiger partial charge on any atom is -0.508 e. The zero-order valence-corrected chi connectivity index (χ0v) is 8.25. The van der Waals surface area contributed by atoms with Gasteiger partial charge in [0.25, 0.3) is 0 Å². The van der Waals surface area contributed by atoms with Crippen LogP contribution in [-0.2, 0) is 0 Å². The molecule has 72 valence electrons. The van der Waals surface area contributed by atoms with Gasteiger partial charge in [-0.25, -0.2) is 0 Å². The van der Waals surface area contributed by atoms with Crippen molar-refractivity contribution >= 4 is 0 Å². The Hall–Kier alpha value is -1.02. The van der Waals surface area contributed by atoms with Gasteiger partial charge in [0.15, 0.2) is 0 Å². The van der Waals surface area contributed by atoms with Crippen LogP contribution in [-0.4, -0.2) is 18.2 Å². The van der Waals surface area contributed by atoms with Gasteiger partial charge in [0.2, 0.25) is 0 Å². The van der Waals surface area contributed by atoms with Gasteiger partial charge in [-0.3, -0.25) is 0 Å². The molecule has 0 unspecified atom stereocenters. The summed E-state index contributed by atoms with van der Waals surface area (Å²) in [6.45, 7) is 6.09. The lowest BCUT2D eigenvalue weighted by atomic mass is 9.94. The van der Waals surface area contributed by atoms with E-state index < -0.39 is 0 Å². The largest absolute Gasteiger partial charge is 0.508 e. The van der Waals surface area contributed by atoms with Crippen molar-refractivity contribution in [2.75, 3.05) is 13.1 Å². The molecule has 1 aromatic rings. The fraction of sp³-hybridized carbons (Fsp3) is 0.455. The van der Waals surface area contributed by atoms with E-state index in [2.05, 4.69) is 11.4 Å². The van der Waals surface area contributed by atoms with E-state index in [0.717, 1.165) is 13.1 Å². The van der Waals surface area contributed by atoms with Gasteiger partial charge >= 0.3 is 0 Å².